The number of rotatable bonds is 1. The van der Waals surface area contributed by atoms with Crippen molar-refractivity contribution in [2.24, 2.45) is 7.05 Å². The molecule has 0 aromatic carbocycles. The van der Waals surface area contributed by atoms with Gasteiger partial charge in [-0.3, -0.25) is 9.78 Å². The largest absolute Gasteiger partial charge is 0.344 e. The number of nitrogens with one attached hydrogen (secondary N) is 1. The molecular formula is C5H5F2N3O2. The van der Waals surface area contributed by atoms with Crippen LogP contribution in [0.15, 0.2) is 9.59 Å². The van der Waals surface area contributed by atoms with E-state index in [1.807, 2.05) is 0 Å². The third-order valence-electron chi connectivity index (χ3n) is 1.21. The van der Waals surface area contributed by atoms with Crippen LogP contribution in [-0.4, -0.2) is 14.8 Å². The first-order chi connectivity index (χ1) is 5.52. The molecule has 0 fully saturated rings. The van der Waals surface area contributed by atoms with Crippen LogP contribution in [0.2, 0.25) is 0 Å². The second kappa shape index (κ2) is 2.84. The third kappa shape index (κ3) is 1.39. The Hall–Kier alpha value is -1.53. The third-order valence-corrected chi connectivity index (χ3v) is 1.21. The van der Waals surface area contributed by atoms with Gasteiger partial charge in [-0.05, 0) is 0 Å². The van der Waals surface area contributed by atoms with E-state index < -0.39 is 23.4 Å². The highest BCUT2D eigenvalue weighted by Gasteiger charge is 2.14. The van der Waals surface area contributed by atoms with Gasteiger partial charge in [-0.25, -0.2) is 18.3 Å². The molecular weight excluding hydrogens is 172 g/mol. The highest BCUT2D eigenvalue weighted by Crippen LogP contribution is 2.09. The van der Waals surface area contributed by atoms with Crippen LogP contribution < -0.4 is 11.2 Å². The molecule has 0 spiro atoms. The standard InChI is InChI=1S/C5H5F2N3O2/c1-10-5(12)8-4(11)2(9-10)3(6)7/h3H,1H3,(H,8,11,12). The summed E-state index contributed by atoms with van der Waals surface area (Å²) in [7, 11) is 1.17. The van der Waals surface area contributed by atoms with Gasteiger partial charge in [0.15, 0.2) is 5.69 Å². The van der Waals surface area contributed by atoms with Crippen molar-refractivity contribution in [3.05, 3.63) is 26.5 Å². The van der Waals surface area contributed by atoms with Crippen LogP contribution >= 0.6 is 0 Å². The number of aromatic nitrogens is 3. The summed E-state index contributed by atoms with van der Waals surface area (Å²) in [4.78, 5) is 22.9. The van der Waals surface area contributed by atoms with Crippen molar-refractivity contribution in [1.82, 2.24) is 14.8 Å². The Morgan fingerprint density at radius 1 is 1.50 bits per heavy atom. The molecule has 0 amide bonds. The van der Waals surface area contributed by atoms with Gasteiger partial charge in [0, 0.05) is 7.05 Å². The van der Waals surface area contributed by atoms with Crippen LogP contribution in [0.25, 0.3) is 0 Å². The Morgan fingerprint density at radius 2 is 2.08 bits per heavy atom. The summed E-state index contributed by atoms with van der Waals surface area (Å²) in [6.45, 7) is 0. The highest BCUT2D eigenvalue weighted by atomic mass is 19.3. The molecule has 1 heterocycles. The summed E-state index contributed by atoms with van der Waals surface area (Å²) in [6.07, 6.45) is -2.97. The Morgan fingerprint density at radius 3 is 2.58 bits per heavy atom. The Bertz CT molecular complexity index is 394. The van der Waals surface area contributed by atoms with Crippen molar-refractivity contribution in [1.29, 1.82) is 0 Å². The molecule has 7 heteroatoms. The fourth-order valence-electron chi connectivity index (χ4n) is 0.637. The number of H-pyrrole nitrogens is 1. The zero-order valence-corrected chi connectivity index (χ0v) is 6.04. The first kappa shape index (κ1) is 8.57. The Balaban J connectivity index is 3.44. The molecule has 1 rings (SSSR count). The van der Waals surface area contributed by atoms with Gasteiger partial charge in [0.2, 0.25) is 0 Å². The van der Waals surface area contributed by atoms with Gasteiger partial charge in [0.1, 0.15) is 0 Å². The van der Waals surface area contributed by atoms with Crippen LogP contribution in [-0.2, 0) is 7.05 Å². The van der Waals surface area contributed by atoms with E-state index in [2.05, 4.69) is 5.10 Å². The van der Waals surface area contributed by atoms with Crippen LogP contribution in [0.5, 0.6) is 0 Å². The molecule has 0 aliphatic heterocycles. The first-order valence-electron chi connectivity index (χ1n) is 2.98. The molecule has 0 radical (unpaired) electrons. The quantitative estimate of drug-likeness (QED) is 0.623. The van der Waals surface area contributed by atoms with Crippen molar-refractivity contribution < 1.29 is 8.78 Å². The second-order valence-electron chi connectivity index (χ2n) is 2.07. The molecule has 0 saturated carbocycles. The zero-order valence-electron chi connectivity index (χ0n) is 6.04. The van der Waals surface area contributed by atoms with Crippen molar-refractivity contribution in [3.8, 4) is 0 Å². The van der Waals surface area contributed by atoms with E-state index in [1.54, 1.807) is 4.98 Å². The lowest BCUT2D eigenvalue weighted by Gasteiger charge is -1.98. The van der Waals surface area contributed by atoms with Crippen molar-refractivity contribution in [2.75, 3.05) is 0 Å². The van der Waals surface area contributed by atoms with Crippen LogP contribution in [0.3, 0.4) is 0 Å². The molecule has 0 aliphatic carbocycles. The van der Waals surface area contributed by atoms with Crippen molar-refractivity contribution >= 4 is 0 Å². The van der Waals surface area contributed by atoms with Gasteiger partial charge in [0.05, 0.1) is 0 Å². The highest BCUT2D eigenvalue weighted by molar-refractivity contribution is 4.93. The fourth-order valence-corrected chi connectivity index (χ4v) is 0.637. The molecule has 0 unspecified atom stereocenters. The number of hydrogen-bond acceptors (Lipinski definition) is 3. The average Bonchev–Trinajstić information content (AvgIpc) is 1.96. The van der Waals surface area contributed by atoms with E-state index in [-0.39, 0.29) is 0 Å². The zero-order chi connectivity index (χ0) is 9.30. The van der Waals surface area contributed by atoms with Gasteiger partial charge >= 0.3 is 5.69 Å². The van der Waals surface area contributed by atoms with E-state index in [1.165, 1.54) is 7.05 Å². The predicted molar refractivity (Wildman–Crippen MR) is 35.1 cm³/mol. The maximum atomic E-state index is 11.9. The van der Waals surface area contributed by atoms with Gasteiger partial charge in [-0.15, -0.1) is 0 Å². The van der Waals surface area contributed by atoms with Crippen LogP contribution in [0.4, 0.5) is 8.78 Å². The maximum Gasteiger partial charge on any atom is 0.344 e. The molecule has 12 heavy (non-hydrogen) atoms. The van der Waals surface area contributed by atoms with E-state index in [0.717, 1.165) is 0 Å². The summed E-state index contributed by atoms with van der Waals surface area (Å²) in [6, 6.07) is 0. The molecule has 0 saturated heterocycles. The molecule has 1 aromatic rings. The van der Waals surface area contributed by atoms with Crippen LogP contribution in [0.1, 0.15) is 12.1 Å². The monoisotopic (exact) mass is 177 g/mol. The van der Waals surface area contributed by atoms with E-state index >= 15 is 0 Å². The molecule has 5 nitrogen and oxygen atoms in total. The molecule has 0 atom stereocenters. The smallest absolute Gasteiger partial charge is 0.271 e. The van der Waals surface area contributed by atoms with Crippen molar-refractivity contribution in [3.63, 3.8) is 0 Å². The lowest BCUT2D eigenvalue weighted by Crippen LogP contribution is -2.33. The minimum Gasteiger partial charge on any atom is -0.271 e. The first-order valence-corrected chi connectivity index (χ1v) is 2.98. The number of nitrogens with zero attached hydrogens (tertiary/aromatic N) is 2. The normalized spacial score (nSPS) is 10.7. The van der Waals surface area contributed by atoms with Crippen LogP contribution in [0, 0.1) is 0 Å². The molecule has 0 aliphatic rings. The summed E-state index contributed by atoms with van der Waals surface area (Å²) >= 11 is 0. The Kier molecular flexibility index (Phi) is 2.03. The van der Waals surface area contributed by atoms with Gasteiger partial charge in [0.25, 0.3) is 12.0 Å². The number of alkyl halides is 2. The number of aromatic amines is 1. The molecule has 66 valence electrons. The van der Waals surface area contributed by atoms with E-state index in [9.17, 15) is 18.4 Å². The van der Waals surface area contributed by atoms with Crippen molar-refractivity contribution in [2.45, 2.75) is 6.43 Å². The molecule has 1 N–H and O–H groups in total. The van der Waals surface area contributed by atoms with E-state index in [0.29, 0.717) is 4.68 Å². The predicted octanol–water partition coefficient (Wildman–Crippen LogP) is -0.594. The number of hydrogen-bond donors (Lipinski definition) is 1. The second-order valence-corrected chi connectivity index (χ2v) is 2.07. The fraction of sp³-hybridized carbons (Fsp3) is 0.400. The minimum absolute atomic E-state index is 0.642. The summed E-state index contributed by atoms with van der Waals surface area (Å²) < 4.78 is 24.5. The van der Waals surface area contributed by atoms with Gasteiger partial charge in [-0.1, -0.05) is 0 Å². The minimum atomic E-state index is -2.97. The van der Waals surface area contributed by atoms with Gasteiger partial charge in [-0.2, -0.15) is 5.10 Å². The topological polar surface area (TPSA) is 67.8 Å². The molecule has 0 bridgehead atoms. The lowest BCUT2D eigenvalue weighted by atomic mass is 10.5. The molecule has 1 aromatic heterocycles. The van der Waals surface area contributed by atoms with Gasteiger partial charge < -0.3 is 0 Å². The maximum absolute atomic E-state index is 11.9. The van der Waals surface area contributed by atoms with E-state index in [4.69, 9.17) is 0 Å². The Labute approximate surface area is 64.7 Å². The lowest BCUT2D eigenvalue weighted by molar-refractivity contribution is 0.141. The number of aryl methyl sites for hydroxylation is 1. The summed E-state index contributed by atoms with van der Waals surface area (Å²) in [5.41, 5.74) is -2.91. The number of halogens is 2. The SMILES string of the molecule is Cn1nc(C(F)F)c(=O)[nH]c1=O. The summed E-state index contributed by atoms with van der Waals surface area (Å²) in [5.74, 6) is 0. The average molecular weight is 177 g/mol. The summed E-state index contributed by atoms with van der Waals surface area (Å²) in [5, 5.41) is 3.08.